The van der Waals surface area contributed by atoms with Crippen LogP contribution in [0.15, 0.2) is 42.5 Å². The number of esters is 1. The van der Waals surface area contributed by atoms with Gasteiger partial charge < -0.3 is 14.8 Å². The third kappa shape index (κ3) is 5.49. The molecule has 2 rings (SSSR count). The van der Waals surface area contributed by atoms with Crippen LogP contribution >= 0.6 is 11.6 Å². The number of nitrogens with one attached hydrogen (secondary N) is 1. The normalized spacial score (nSPS) is 11.0. The largest absolute Gasteiger partial charge is 0.476 e. The summed E-state index contributed by atoms with van der Waals surface area (Å²) in [5.74, 6) is -0.563. The summed E-state index contributed by atoms with van der Waals surface area (Å²) in [5, 5.41) is 3.30. The van der Waals surface area contributed by atoms with Crippen molar-refractivity contribution in [1.29, 1.82) is 0 Å². The molecular weight excluding hydrogens is 354 g/mol. The fraction of sp³-hybridized carbons (Fsp3) is 0.300. The van der Waals surface area contributed by atoms with Gasteiger partial charge in [-0.3, -0.25) is 4.79 Å². The second-order valence-corrected chi connectivity index (χ2v) is 6.95. The van der Waals surface area contributed by atoms with Crippen LogP contribution in [0.2, 0.25) is 5.02 Å². The standard InChI is InChI=1S/C20H22ClNO4/c1-13-5-10-17(14(2)11-13)22-18(23)12-25-19(24)20(3,4)26-16-8-6-15(21)7-9-16/h5-11H,12H2,1-4H3,(H,22,23). The first-order chi connectivity index (χ1) is 12.2. The molecule has 0 atom stereocenters. The maximum absolute atomic E-state index is 12.3. The zero-order valence-electron chi connectivity index (χ0n) is 15.3. The number of benzene rings is 2. The molecule has 0 fully saturated rings. The van der Waals surface area contributed by atoms with Crippen molar-refractivity contribution in [2.45, 2.75) is 33.3 Å². The fourth-order valence-corrected chi connectivity index (χ4v) is 2.41. The van der Waals surface area contributed by atoms with Gasteiger partial charge in [0.2, 0.25) is 0 Å². The van der Waals surface area contributed by atoms with Gasteiger partial charge in [-0.25, -0.2) is 4.79 Å². The fourth-order valence-electron chi connectivity index (χ4n) is 2.28. The molecule has 0 spiro atoms. The number of carbonyl (C=O) groups excluding carboxylic acids is 2. The van der Waals surface area contributed by atoms with Gasteiger partial charge >= 0.3 is 5.97 Å². The lowest BCUT2D eigenvalue weighted by atomic mass is 10.1. The van der Waals surface area contributed by atoms with Crippen LogP contribution in [0, 0.1) is 13.8 Å². The van der Waals surface area contributed by atoms with Gasteiger partial charge in [0, 0.05) is 10.7 Å². The number of rotatable bonds is 6. The third-order valence-corrected chi connectivity index (χ3v) is 3.92. The molecule has 0 heterocycles. The predicted octanol–water partition coefficient (Wildman–Crippen LogP) is 4.30. The molecule has 26 heavy (non-hydrogen) atoms. The van der Waals surface area contributed by atoms with Gasteiger partial charge in [0.25, 0.3) is 5.91 Å². The molecule has 0 aliphatic carbocycles. The number of ether oxygens (including phenoxy) is 2. The highest BCUT2D eigenvalue weighted by Crippen LogP contribution is 2.22. The number of hydrogen-bond donors (Lipinski definition) is 1. The molecule has 6 heteroatoms. The highest BCUT2D eigenvalue weighted by molar-refractivity contribution is 6.30. The molecule has 138 valence electrons. The Morgan fingerprint density at radius 1 is 1.08 bits per heavy atom. The molecule has 1 N–H and O–H groups in total. The van der Waals surface area contributed by atoms with Crippen LogP contribution in [0.5, 0.6) is 5.75 Å². The number of carbonyl (C=O) groups is 2. The molecule has 2 aromatic carbocycles. The summed E-state index contributed by atoms with van der Waals surface area (Å²) in [7, 11) is 0. The maximum Gasteiger partial charge on any atom is 0.350 e. The van der Waals surface area contributed by atoms with Gasteiger partial charge in [-0.05, 0) is 63.6 Å². The molecule has 0 radical (unpaired) electrons. The summed E-state index contributed by atoms with van der Waals surface area (Å²) >= 11 is 5.82. The van der Waals surface area contributed by atoms with E-state index in [4.69, 9.17) is 21.1 Å². The van der Waals surface area contributed by atoms with Crippen molar-refractivity contribution in [2.75, 3.05) is 11.9 Å². The second-order valence-electron chi connectivity index (χ2n) is 6.51. The van der Waals surface area contributed by atoms with E-state index in [-0.39, 0.29) is 6.61 Å². The van der Waals surface area contributed by atoms with E-state index < -0.39 is 17.5 Å². The molecule has 0 unspecified atom stereocenters. The lowest BCUT2D eigenvalue weighted by Crippen LogP contribution is -2.41. The Bertz CT molecular complexity index is 800. The van der Waals surface area contributed by atoms with Crippen molar-refractivity contribution in [2.24, 2.45) is 0 Å². The molecule has 0 aromatic heterocycles. The lowest BCUT2D eigenvalue weighted by molar-refractivity contribution is -0.161. The highest BCUT2D eigenvalue weighted by Gasteiger charge is 2.32. The predicted molar refractivity (Wildman–Crippen MR) is 102 cm³/mol. The first-order valence-electron chi connectivity index (χ1n) is 8.16. The molecule has 2 aromatic rings. The van der Waals surface area contributed by atoms with E-state index >= 15 is 0 Å². The van der Waals surface area contributed by atoms with Crippen molar-refractivity contribution in [1.82, 2.24) is 0 Å². The number of anilines is 1. The van der Waals surface area contributed by atoms with Gasteiger partial charge in [0.1, 0.15) is 5.75 Å². The quantitative estimate of drug-likeness (QED) is 0.764. The average molecular weight is 376 g/mol. The molecule has 1 amide bonds. The summed E-state index contributed by atoms with van der Waals surface area (Å²) in [4.78, 5) is 24.3. The first-order valence-corrected chi connectivity index (χ1v) is 8.54. The van der Waals surface area contributed by atoms with E-state index in [9.17, 15) is 9.59 Å². The Balaban J connectivity index is 1.89. The van der Waals surface area contributed by atoms with Crippen LogP contribution in [-0.4, -0.2) is 24.1 Å². The zero-order valence-corrected chi connectivity index (χ0v) is 16.0. The lowest BCUT2D eigenvalue weighted by Gasteiger charge is -2.24. The van der Waals surface area contributed by atoms with E-state index in [2.05, 4.69) is 5.32 Å². The van der Waals surface area contributed by atoms with E-state index in [0.717, 1.165) is 11.1 Å². The Hall–Kier alpha value is -2.53. The summed E-state index contributed by atoms with van der Waals surface area (Å²) in [5.41, 5.74) is 1.49. The van der Waals surface area contributed by atoms with Crippen molar-refractivity contribution < 1.29 is 19.1 Å². The topological polar surface area (TPSA) is 64.6 Å². The first kappa shape index (κ1) is 19.8. The molecule has 0 saturated carbocycles. The van der Waals surface area contributed by atoms with Gasteiger partial charge in [-0.15, -0.1) is 0 Å². The summed E-state index contributed by atoms with van der Waals surface area (Å²) < 4.78 is 10.7. The summed E-state index contributed by atoms with van der Waals surface area (Å²) in [6.45, 7) is 6.64. The minimum atomic E-state index is -1.24. The van der Waals surface area contributed by atoms with E-state index in [0.29, 0.717) is 16.5 Å². The van der Waals surface area contributed by atoms with Crippen LogP contribution in [0.3, 0.4) is 0 Å². The Morgan fingerprint density at radius 2 is 1.73 bits per heavy atom. The van der Waals surface area contributed by atoms with E-state index in [1.165, 1.54) is 0 Å². The molecule has 0 bridgehead atoms. The Labute approximate surface area is 158 Å². The number of halogens is 1. The van der Waals surface area contributed by atoms with Crippen LogP contribution in [0.25, 0.3) is 0 Å². The molecule has 5 nitrogen and oxygen atoms in total. The maximum atomic E-state index is 12.3. The minimum Gasteiger partial charge on any atom is -0.476 e. The number of aryl methyl sites for hydroxylation is 2. The monoisotopic (exact) mass is 375 g/mol. The van der Waals surface area contributed by atoms with Gasteiger partial charge in [-0.1, -0.05) is 29.3 Å². The van der Waals surface area contributed by atoms with Crippen molar-refractivity contribution in [3.63, 3.8) is 0 Å². The van der Waals surface area contributed by atoms with Crippen LogP contribution in [0.1, 0.15) is 25.0 Å². The third-order valence-electron chi connectivity index (χ3n) is 3.67. The summed E-state index contributed by atoms with van der Waals surface area (Å²) in [6.07, 6.45) is 0. The van der Waals surface area contributed by atoms with E-state index in [1.54, 1.807) is 38.1 Å². The van der Waals surface area contributed by atoms with Crippen molar-refractivity contribution in [3.05, 3.63) is 58.6 Å². The van der Waals surface area contributed by atoms with Gasteiger partial charge in [0.15, 0.2) is 12.2 Å². The molecule has 0 aliphatic rings. The molecular formula is C20H22ClNO4. The average Bonchev–Trinajstić information content (AvgIpc) is 2.57. The van der Waals surface area contributed by atoms with Crippen molar-refractivity contribution in [3.8, 4) is 5.75 Å². The Kier molecular flexibility index (Phi) is 6.27. The second kappa shape index (κ2) is 8.23. The van der Waals surface area contributed by atoms with Crippen molar-refractivity contribution >= 4 is 29.2 Å². The molecule has 0 saturated heterocycles. The summed E-state index contributed by atoms with van der Waals surface area (Å²) in [6, 6.07) is 12.3. The van der Waals surface area contributed by atoms with Gasteiger partial charge in [0.05, 0.1) is 0 Å². The van der Waals surface area contributed by atoms with Crippen LogP contribution in [0.4, 0.5) is 5.69 Å². The van der Waals surface area contributed by atoms with Crippen LogP contribution in [-0.2, 0) is 14.3 Å². The highest BCUT2D eigenvalue weighted by atomic mass is 35.5. The number of amides is 1. The zero-order chi connectivity index (χ0) is 19.3. The molecule has 0 aliphatic heterocycles. The Morgan fingerprint density at radius 3 is 2.35 bits per heavy atom. The SMILES string of the molecule is Cc1ccc(NC(=O)COC(=O)C(C)(C)Oc2ccc(Cl)cc2)c(C)c1. The smallest absolute Gasteiger partial charge is 0.350 e. The van der Waals surface area contributed by atoms with Gasteiger partial charge in [-0.2, -0.15) is 0 Å². The number of hydrogen-bond acceptors (Lipinski definition) is 4. The van der Waals surface area contributed by atoms with E-state index in [1.807, 2.05) is 32.0 Å². The van der Waals surface area contributed by atoms with Crippen LogP contribution < -0.4 is 10.1 Å². The minimum absolute atomic E-state index is 0.389.